The molecule has 0 fully saturated rings. The number of hydrogen-bond acceptors (Lipinski definition) is 2. The number of unbranched alkanes of at least 4 members (excludes halogenated alkanes) is 4. The Kier molecular flexibility index (Phi) is 9.94. The number of rotatable bonds is 11. The third-order valence-corrected chi connectivity index (χ3v) is 3.86. The number of nitrogens with one attached hydrogen (secondary N) is 1. The zero-order chi connectivity index (χ0) is 14.7. The molecule has 0 bridgehead atoms. The van der Waals surface area contributed by atoms with Crippen molar-refractivity contribution in [2.45, 2.75) is 85.1 Å². The molecular weight excluding hydrogens is 238 g/mol. The van der Waals surface area contributed by atoms with Crippen LogP contribution in [0.25, 0.3) is 0 Å². The second-order valence-corrected chi connectivity index (χ2v) is 6.03. The largest absolute Gasteiger partial charge is 0.394 e. The van der Waals surface area contributed by atoms with Crippen LogP contribution in [0.1, 0.15) is 79.1 Å². The van der Waals surface area contributed by atoms with Crippen LogP contribution in [0.4, 0.5) is 0 Å². The van der Waals surface area contributed by atoms with Crippen molar-refractivity contribution in [1.82, 2.24) is 5.32 Å². The fourth-order valence-electron chi connectivity index (χ4n) is 2.30. The van der Waals surface area contributed by atoms with Gasteiger partial charge in [-0.3, -0.25) is 4.79 Å². The summed E-state index contributed by atoms with van der Waals surface area (Å²) < 4.78 is 0. The average molecular weight is 271 g/mol. The van der Waals surface area contributed by atoms with E-state index in [0.29, 0.717) is 0 Å². The van der Waals surface area contributed by atoms with Gasteiger partial charge in [-0.05, 0) is 19.8 Å². The van der Waals surface area contributed by atoms with Crippen LogP contribution in [0.5, 0.6) is 0 Å². The van der Waals surface area contributed by atoms with E-state index in [1.165, 1.54) is 19.3 Å². The molecule has 0 aromatic rings. The first-order chi connectivity index (χ1) is 9.00. The zero-order valence-corrected chi connectivity index (χ0v) is 13.3. The molecule has 0 aromatic carbocycles. The number of aliphatic hydroxyl groups excluding tert-OH is 1. The Morgan fingerprint density at radius 2 is 1.68 bits per heavy atom. The van der Waals surface area contributed by atoms with Gasteiger partial charge in [0, 0.05) is 11.5 Å². The van der Waals surface area contributed by atoms with Crippen molar-refractivity contribution in [3.05, 3.63) is 0 Å². The SMILES string of the molecule is CCCCCCC(C)(CCCC)C(=O)NC(C)CO. The maximum atomic E-state index is 12.4. The van der Waals surface area contributed by atoms with E-state index >= 15 is 0 Å². The summed E-state index contributed by atoms with van der Waals surface area (Å²) >= 11 is 0. The molecule has 114 valence electrons. The Labute approximate surface area is 119 Å². The normalized spacial score (nSPS) is 15.8. The van der Waals surface area contributed by atoms with Crippen molar-refractivity contribution in [3.8, 4) is 0 Å². The van der Waals surface area contributed by atoms with Gasteiger partial charge in [0.05, 0.1) is 6.61 Å². The Balaban J connectivity index is 4.42. The first kappa shape index (κ1) is 18.4. The summed E-state index contributed by atoms with van der Waals surface area (Å²) in [5.41, 5.74) is -0.271. The number of amides is 1. The number of carbonyl (C=O) groups is 1. The van der Waals surface area contributed by atoms with E-state index in [4.69, 9.17) is 5.11 Å². The molecule has 0 aromatic heterocycles. The molecule has 0 radical (unpaired) electrons. The summed E-state index contributed by atoms with van der Waals surface area (Å²) in [6, 6.07) is -0.149. The quantitative estimate of drug-likeness (QED) is 0.564. The van der Waals surface area contributed by atoms with Gasteiger partial charge < -0.3 is 10.4 Å². The molecule has 2 unspecified atom stereocenters. The lowest BCUT2D eigenvalue weighted by Gasteiger charge is -2.30. The molecule has 0 saturated heterocycles. The number of aliphatic hydroxyl groups is 1. The van der Waals surface area contributed by atoms with E-state index in [1.807, 2.05) is 6.92 Å². The van der Waals surface area contributed by atoms with Gasteiger partial charge in [-0.2, -0.15) is 0 Å². The lowest BCUT2D eigenvalue weighted by Crippen LogP contribution is -2.44. The van der Waals surface area contributed by atoms with Crippen molar-refractivity contribution in [2.24, 2.45) is 5.41 Å². The van der Waals surface area contributed by atoms with Crippen molar-refractivity contribution in [1.29, 1.82) is 0 Å². The highest BCUT2D eigenvalue weighted by molar-refractivity contribution is 5.82. The van der Waals surface area contributed by atoms with Crippen LogP contribution in [-0.4, -0.2) is 23.7 Å². The lowest BCUT2D eigenvalue weighted by atomic mass is 9.79. The van der Waals surface area contributed by atoms with E-state index in [1.54, 1.807) is 0 Å². The van der Waals surface area contributed by atoms with Crippen molar-refractivity contribution in [2.75, 3.05) is 6.61 Å². The Morgan fingerprint density at radius 3 is 2.21 bits per heavy atom. The van der Waals surface area contributed by atoms with Gasteiger partial charge in [0.25, 0.3) is 0 Å². The molecule has 0 rings (SSSR count). The van der Waals surface area contributed by atoms with Crippen molar-refractivity contribution >= 4 is 5.91 Å². The van der Waals surface area contributed by atoms with Gasteiger partial charge in [0.1, 0.15) is 0 Å². The third-order valence-electron chi connectivity index (χ3n) is 3.86. The average Bonchev–Trinajstić information content (AvgIpc) is 2.41. The molecule has 0 aliphatic rings. The van der Waals surface area contributed by atoms with Gasteiger partial charge >= 0.3 is 0 Å². The van der Waals surface area contributed by atoms with Gasteiger partial charge in [0.15, 0.2) is 0 Å². The summed E-state index contributed by atoms with van der Waals surface area (Å²) in [7, 11) is 0. The lowest BCUT2D eigenvalue weighted by molar-refractivity contribution is -0.132. The first-order valence-electron chi connectivity index (χ1n) is 7.92. The fourth-order valence-corrected chi connectivity index (χ4v) is 2.30. The number of carbonyl (C=O) groups excluding carboxylic acids is 1. The molecule has 19 heavy (non-hydrogen) atoms. The molecule has 0 heterocycles. The molecule has 0 saturated carbocycles. The zero-order valence-electron chi connectivity index (χ0n) is 13.3. The molecule has 2 atom stereocenters. The molecule has 0 spiro atoms. The Bertz CT molecular complexity index is 243. The highest BCUT2D eigenvalue weighted by atomic mass is 16.3. The summed E-state index contributed by atoms with van der Waals surface area (Å²) in [4.78, 5) is 12.4. The molecule has 3 heteroatoms. The van der Waals surface area contributed by atoms with Gasteiger partial charge in [-0.15, -0.1) is 0 Å². The number of hydrogen-bond donors (Lipinski definition) is 2. The molecule has 0 aliphatic carbocycles. The van der Waals surface area contributed by atoms with Crippen molar-refractivity contribution < 1.29 is 9.90 Å². The van der Waals surface area contributed by atoms with Crippen LogP contribution < -0.4 is 5.32 Å². The molecular formula is C16H33NO2. The van der Waals surface area contributed by atoms with Crippen LogP contribution in [0.2, 0.25) is 0 Å². The minimum Gasteiger partial charge on any atom is -0.394 e. The summed E-state index contributed by atoms with van der Waals surface area (Å²) in [5, 5.41) is 12.0. The smallest absolute Gasteiger partial charge is 0.226 e. The van der Waals surface area contributed by atoms with E-state index in [0.717, 1.165) is 32.1 Å². The van der Waals surface area contributed by atoms with Crippen LogP contribution in [0.3, 0.4) is 0 Å². The molecule has 3 nitrogen and oxygen atoms in total. The second-order valence-electron chi connectivity index (χ2n) is 6.03. The Morgan fingerprint density at radius 1 is 1.11 bits per heavy atom. The Hall–Kier alpha value is -0.570. The van der Waals surface area contributed by atoms with Gasteiger partial charge in [-0.25, -0.2) is 0 Å². The predicted octanol–water partition coefficient (Wildman–Crippen LogP) is 3.65. The standard InChI is InChI=1S/C16H33NO2/c1-5-7-9-10-12-16(4,11-8-6-2)15(19)17-14(3)13-18/h14,18H,5-13H2,1-4H3,(H,17,19). The van der Waals surface area contributed by atoms with E-state index in [-0.39, 0.29) is 24.0 Å². The third kappa shape index (κ3) is 7.56. The van der Waals surface area contributed by atoms with Crippen molar-refractivity contribution in [3.63, 3.8) is 0 Å². The summed E-state index contributed by atoms with van der Waals surface area (Å²) in [6.45, 7) is 8.28. The minimum atomic E-state index is -0.271. The van der Waals surface area contributed by atoms with E-state index < -0.39 is 0 Å². The first-order valence-corrected chi connectivity index (χ1v) is 7.92. The van der Waals surface area contributed by atoms with Crippen LogP contribution in [-0.2, 0) is 4.79 Å². The van der Waals surface area contributed by atoms with Crippen LogP contribution in [0.15, 0.2) is 0 Å². The van der Waals surface area contributed by atoms with E-state index in [9.17, 15) is 4.79 Å². The molecule has 2 N–H and O–H groups in total. The predicted molar refractivity (Wildman–Crippen MR) is 81.1 cm³/mol. The van der Waals surface area contributed by atoms with Crippen LogP contribution >= 0.6 is 0 Å². The summed E-state index contributed by atoms with van der Waals surface area (Å²) in [5.74, 6) is 0.110. The highest BCUT2D eigenvalue weighted by Gasteiger charge is 2.32. The van der Waals surface area contributed by atoms with Gasteiger partial charge in [0.2, 0.25) is 5.91 Å². The maximum Gasteiger partial charge on any atom is 0.226 e. The second kappa shape index (κ2) is 10.2. The minimum absolute atomic E-state index is 0.00539. The fraction of sp³-hybridized carbons (Fsp3) is 0.938. The topological polar surface area (TPSA) is 49.3 Å². The van der Waals surface area contributed by atoms with Gasteiger partial charge in [-0.1, -0.05) is 59.3 Å². The van der Waals surface area contributed by atoms with E-state index in [2.05, 4.69) is 26.1 Å². The highest BCUT2D eigenvalue weighted by Crippen LogP contribution is 2.31. The maximum absolute atomic E-state index is 12.4. The monoisotopic (exact) mass is 271 g/mol. The molecule has 1 amide bonds. The van der Waals surface area contributed by atoms with Crippen LogP contribution in [0, 0.1) is 5.41 Å². The summed E-state index contributed by atoms with van der Waals surface area (Å²) in [6.07, 6.45) is 8.91. The molecule has 0 aliphatic heterocycles.